The molecule has 0 radical (unpaired) electrons. The van der Waals surface area contributed by atoms with Crippen molar-refractivity contribution in [3.8, 4) is 0 Å². The summed E-state index contributed by atoms with van der Waals surface area (Å²) in [5.74, 6) is -3.59. The van der Waals surface area contributed by atoms with Crippen LogP contribution in [0.15, 0.2) is 36.4 Å². The first-order chi connectivity index (χ1) is 15.9. The number of nitrogens with one attached hydrogen (secondary N) is 1. The van der Waals surface area contributed by atoms with Gasteiger partial charge in [0.05, 0.1) is 11.9 Å². The smallest absolute Gasteiger partial charge is 0.244 e. The molecule has 2 rings (SSSR count). The molecule has 0 saturated heterocycles. The van der Waals surface area contributed by atoms with Crippen LogP contribution in [0.4, 0.5) is 14.5 Å². The second-order valence-electron chi connectivity index (χ2n) is 7.44. The molecule has 0 spiro atoms. The predicted molar refractivity (Wildman–Crippen MR) is 128 cm³/mol. The summed E-state index contributed by atoms with van der Waals surface area (Å²) in [5.41, 5.74) is 0.256. The molecular formula is C22H25Cl2F2N3O4S. The summed E-state index contributed by atoms with van der Waals surface area (Å²) in [5, 5.41) is 3.30. The van der Waals surface area contributed by atoms with E-state index >= 15 is 0 Å². The second-order valence-corrected chi connectivity index (χ2v) is 10.2. The first kappa shape index (κ1) is 27.8. The summed E-state index contributed by atoms with van der Waals surface area (Å²) < 4.78 is 52.7. The third kappa shape index (κ3) is 7.04. The van der Waals surface area contributed by atoms with E-state index in [1.807, 2.05) is 0 Å². The minimum absolute atomic E-state index is 0.111. The highest BCUT2D eigenvalue weighted by atomic mass is 35.5. The van der Waals surface area contributed by atoms with Crippen LogP contribution in [-0.2, 0) is 26.2 Å². The van der Waals surface area contributed by atoms with Crippen LogP contribution in [0.3, 0.4) is 0 Å². The number of benzene rings is 2. The molecule has 0 saturated carbocycles. The van der Waals surface area contributed by atoms with E-state index in [4.69, 9.17) is 23.2 Å². The van der Waals surface area contributed by atoms with E-state index in [1.54, 1.807) is 26.0 Å². The maximum absolute atomic E-state index is 13.8. The van der Waals surface area contributed by atoms with Crippen molar-refractivity contribution in [1.29, 1.82) is 0 Å². The Morgan fingerprint density at radius 3 is 2.26 bits per heavy atom. The number of anilines is 1. The number of amides is 2. The van der Waals surface area contributed by atoms with Crippen LogP contribution in [0, 0.1) is 11.6 Å². The van der Waals surface area contributed by atoms with Crippen molar-refractivity contribution >= 4 is 50.7 Å². The highest BCUT2D eigenvalue weighted by Crippen LogP contribution is 2.25. The molecule has 0 aliphatic carbocycles. The van der Waals surface area contributed by atoms with Gasteiger partial charge in [-0.15, -0.1) is 0 Å². The van der Waals surface area contributed by atoms with Gasteiger partial charge in [0.2, 0.25) is 21.8 Å². The Balaban J connectivity index is 2.48. The number of rotatable bonds is 10. The first-order valence-electron chi connectivity index (χ1n) is 10.3. The van der Waals surface area contributed by atoms with Crippen molar-refractivity contribution in [1.82, 2.24) is 10.2 Å². The molecule has 0 unspecified atom stereocenters. The molecule has 1 N–H and O–H groups in total. The Morgan fingerprint density at radius 2 is 1.74 bits per heavy atom. The van der Waals surface area contributed by atoms with Gasteiger partial charge in [0.15, 0.2) is 11.6 Å². The van der Waals surface area contributed by atoms with E-state index in [2.05, 4.69) is 5.32 Å². The fourth-order valence-corrected chi connectivity index (χ4v) is 4.61. The lowest BCUT2D eigenvalue weighted by molar-refractivity contribution is -0.140. The van der Waals surface area contributed by atoms with Gasteiger partial charge >= 0.3 is 0 Å². The third-order valence-corrected chi connectivity index (χ3v) is 6.69. The molecule has 1 atom stereocenters. The van der Waals surface area contributed by atoms with Crippen LogP contribution in [0.5, 0.6) is 0 Å². The summed E-state index contributed by atoms with van der Waals surface area (Å²) in [4.78, 5) is 27.3. The summed E-state index contributed by atoms with van der Waals surface area (Å²) in [6, 6.07) is 6.21. The molecule has 0 aliphatic rings. The Hall–Kier alpha value is -2.43. The zero-order chi connectivity index (χ0) is 25.6. The fraction of sp³-hybridized carbons (Fsp3) is 0.364. The Kier molecular flexibility index (Phi) is 9.66. The lowest BCUT2D eigenvalue weighted by Gasteiger charge is -2.33. The van der Waals surface area contributed by atoms with Gasteiger partial charge in [-0.1, -0.05) is 36.2 Å². The quantitative estimate of drug-likeness (QED) is 0.498. The number of hydrogen-bond acceptors (Lipinski definition) is 4. The van der Waals surface area contributed by atoms with E-state index in [9.17, 15) is 26.8 Å². The van der Waals surface area contributed by atoms with Gasteiger partial charge in [-0.05, 0) is 43.2 Å². The number of likely N-dealkylation sites (N-methyl/N-ethyl adjacent to an activating group) is 1. The van der Waals surface area contributed by atoms with Crippen LogP contribution in [-0.4, -0.2) is 50.5 Å². The largest absolute Gasteiger partial charge is 0.355 e. The second kappa shape index (κ2) is 11.8. The van der Waals surface area contributed by atoms with Crippen LogP contribution in [0.1, 0.15) is 25.8 Å². The SMILES string of the molecule is CCNC(=O)[C@@H](CC)N(Cc1ccc(Cl)cc1Cl)C(=O)CN(c1ccc(F)c(F)c1)S(C)(=O)=O. The molecule has 0 aromatic heterocycles. The summed E-state index contributed by atoms with van der Waals surface area (Å²) in [7, 11) is -4.07. The summed E-state index contributed by atoms with van der Waals surface area (Å²) >= 11 is 12.2. The average Bonchev–Trinajstić information content (AvgIpc) is 2.74. The maximum atomic E-state index is 13.8. The summed E-state index contributed by atoms with van der Waals surface area (Å²) in [6.07, 6.45) is 1.07. The van der Waals surface area contributed by atoms with E-state index in [-0.39, 0.29) is 23.7 Å². The molecular weight excluding hydrogens is 511 g/mol. The summed E-state index contributed by atoms with van der Waals surface area (Å²) in [6.45, 7) is 2.89. The molecule has 7 nitrogen and oxygen atoms in total. The number of hydrogen-bond donors (Lipinski definition) is 1. The van der Waals surface area contributed by atoms with Crippen LogP contribution < -0.4 is 9.62 Å². The molecule has 186 valence electrons. The highest BCUT2D eigenvalue weighted by molar-refractivity contribution is 7.92. The number of carbonyl (C=O) groups is 2. The van der Waals surface area contributed by atoms with Crippen LogP contribution in [0.25, 0.3) is 0 Å². The minimum Gasteiger partial charge on any atom is -0.355 e. The Labute approximate surface area is 207 Å². The van der Waals surface area contributed by atoms with E-state index < -0.39 is 46.1 Å². The Morgan fingerprint density at radius 1 is 1.06 bits per heavy atom. The van der Waals surface area contributed by atoms with Crippen molar-refractivity contribution in [2.75, 3.05) is 23.7 Å². The molecule has 12 heteroatoms. The molecule has 0 aliphatic heterocycles. The molecule has 2 aromatic rings. The lowest BCUT2D eigenvalue weighted by Crippen LogP contribution is -2.52. The number of sulfonamides is 1. The third-order valence-electron chi connectivity index (χ3n) is 4.96. The first-order valence-corrected chi connectivity index (χ1v) is 12.9. The van der Waals surface area contributed by atoms with Crippen molar-refractivity contribution < 1.29 is 26.8 Å². The number of halogens is 4. The van der Waals surface area contributed by atoms with Gasteiger partial charge in [0.25, 0.3) is 0 Å². The molecule has 0 fully saturated rings. The number of nitrogens with zero attached hydrogens (tertiary/aromatic N) is 2. The number of carbonyl (C=O) groups excluding carboxylic acids is 2. The molecule has 2 amide bonds. The van der Waals surface area contributed by atoms with E-state index in [1.165, 1.54) is 11.0 Å². The van der Waals surface area contributed by atoms with Crippen molar-refractivity contribution in [2.45, 2.75) is 32.9 Å². The van der Waals surface area contributed by atoms with Gasteiger partial charge in [-0.2, -0.15) is 0 Å². The van der Waals surface area contributed by atoms with Gasteiger partial charge in [-0.25, -0.2) is 17.2 Å². The highest BCUT2D eigenvalue weighted by Gasteiger charge is 2.32. The normalized spacial score (nSPS) is 12.2. The predicted octanol–water partition coefficient (Wildman–Crippen LogP) is 3.98. The maximum Gasteiger partial charge on any atom is 0.244 e. The minimum atomic E-state index is -4.07. The fourth-order valence-electron chi connectivity index (χ4n) is 3.30. The molecule has 0 bridgehead atoms. The van der Waals surface area contributed by atoms with Crippen molar-refractivity contribution in [3.63, 3.8) is 0 Å². The van der Waals surface area contributed by atoms with Crippen LogP contribution >= 0.6 is 23.2 Å². The van der Waals surface area contributed by atoms with E-state index in [0.717, 1.165) is 18.4 Å². The van der Waals surface area contributed by atoms with Crippen LogP contribution in [0.2, 0.25) is 10.0 Å². The van der Waals surface area contributed by atoms with E-state index in [0.29, 0.717) is 27.5 Å². The van der Waals surface area contributed by atoms with Crippen molar-refractivity contribution in [3.05, 3.63) is 63.6 Å². The Bertz CT molecular complexity index is 1160. The zero-order valence-corrected chi connectivity index (χ0v) is 21.1. The zero-order valence-electron chi connectivity index (χ0n) is 18.8. The van der Waals surface area contributed by atoms with Gasteiger partial charge in [-0.3, -0.25) is 13.9 Å². The van der Waals surface area contributed by atoms with Gasteiger partial charge in [0.1, 0.15) is 12.6 Å². The monoisotopic (exact) mass is 535 g/mol. The molecule has 34 heavy (non-hydrogen) atoms. The van der Waals surface area contributed by atoms with Gasteiger partial charge in [0, 0.05) is 29.2 Å². The lowest BCUT2D eigenvalue weighted by atomic mass is 10.1. The van der Waals surface area contributed by atoms with Crippen molar-refractivity contribution in [2.24, 2.45) is 0 Å². The molecule has 0 heterocycles. The molecule has 2 aromatic carbocycles. The average molecular weight is 536 g/mol. The topological polar surface area (TPSA) is 86.8 Å². The standard InChI is InChI=1S/C22H25Cl2F2N3O4S/c1-4-20(22(31)27-5-2)28(12-14-6-7-15(23)10-17(14)24)21(30)13-29(34(3,32)33)16-8-9-18(25)19(26)11-16/h6-11,20H,4-5,12-13H2,1-3H3,(H,27,31)/t20-/m1/s1. The van der Waals surface area contributed by atoms with Gasteiger partial charge < -0.3 is 10.2 Å².